The molecule has 0 spiro atoms. The summed E-state index contributed by atoms with van der Waals surface area (Å²) in [5, 5.41) is 20.3. The second kappa shape index (κ2) is 4.36. The van der Waals surface area contributed by atoms with Gasteiger partial charge in [0, 0.05) is 11.6 Å². The quantitative estimate of drug-likeness (QED) is 0.521. The van der Waals surface area contributed by atoms with Crippen molar-refractivity contribution in [3.8, 4) is 0 Å². The smallest absolute Gasteiger partial charge is 0.188 e. The molecule has 1 atom stereocenters. The van der Waals surface area contributed by atoms with Crippen molar-refractivity contribution in [1.29, 1.82) is 5.41 Å². The molecule has 0 bridgehead atoms. The molecule has 0 aromatic carbocycles. The van der Waals surface area contributed by atoms with Crippen molar-refractivity contribution in [2.75, 3.05) is 16.8 Å². The van der Waals surface area contributed by atoms with Crippen LogP contribution in [0.1, 0.15) is 18.5 Å². The lowest BCUT2D eigenvalue weighted by atomic mass is 10.1. The summed E-state index contributed by atoms with van der Waals surface area (Å²) in [6.45, 7) is 1.89. The van der Waals surface area contributed by atoms with Crippen LogP contribution in [0.15, 0.2) is 29.1 Å². The van der Waals surface area contributed by atoms with Gasteiger partial charge < -0.3 is 26.4 Å². The SMILES string of the molecule is CC(Nc1c(N)cc(N)n(O)c1=N)c1ccoc1. The molecular formula is C11H15N5O2. The number of nitrogen functional groups attached to an aromatic ring is 2. The number of nitrogens with two attached hydrogens (primary N) is 2. The van der Waals surface area contributed by atoms with Gasteiger partial charge >= 0.3 is 0 Å². The summed E-state index contributed by atoms with van der Waals surface area (Å²) in [6, 6.07) is 3.09. The molecule has 0 fully saturated rings. The van der Waals surface area contributed by atoms with E-state index in [1.54, 1.807) is 12.5 Å². The van der Waals surface area contributed by atoms with Gasteiger partial charge in [-0.15, -0.1) is 0 Å². The summed E-state index contributed by atoms with van der Waals surface area (Å²) >= 11 is 0. The average molecular weight is 249 g/mol. The van der Waals surface area contributed by atoms with Gasteiger partial charge in [0.2, 0.25) is 0 Å². The Bertz CT molecular complexity index is 603. The molecule has 2 heterocycles. The maximum Gasteiger partial charge on any atom is 0.188 e. The molecule has 2 aromatic heterocycles. The first-order chi connectivity index (χ1) is 8.50. The maximum atomic E-state index is 9.55. The normalized spacial score (nSPS) is 12.3. The summed E-state index contributed by atoms with van der Waals surface area (Å²) < 4.78 is 5.55. The summed E-state index contributed by atoms with van der Waals surface area (Å²) in [6.07, 6.45) is 3.16. The van der Waals surface area contributed by atoms with E-state index < -0.39 is 0 Å². The Morgan fingerprint density at radius 1 is 1.50 bits per heavy atom. The minimum Gasteiger partial charge on any atom is -0.472 e. The molecule has 0 amide bonds. The van der Waals surface area contributed by atoms with E-state index in [2.05, 4.69) is 5.32 Å². The standard InChI is InChI=1S/C11H15N5O2/c1-6(7-2-3-18-5-7)15-10-8(12)4-9(13)16(17)11(10)14/h2-6,14-15,17H,12-13H2,1H3. The van der Waals surface area contributed by atoms with Gasteiger partial charge in [0.25, 0.3) is 0 Å². The number of hydrogen-bond donors (Lipinski definition) is 5. The third-order valence-corrected chi connectivity index (χ3v) is 2.69. The highest BCUT2D eigenvalue weighted by Gasteiger charge is 2.12. The zero-order chi connectivity index (χ0) is 13.3. The average Bonchev–Trinajstić information content (AvgIpc) is 2.85. The van der Waals surface area contributed by atoms with Crippen molar-refractivity contribution < 1.29 is 9.62 Å². The number of anilines is 3. The van der Waals surface area contributed by atoms with Crippen LogP contribution in [0.4, 0.5) is 17.2 Å². The van der Waals surface area contributed by atoms with Crippen LogP contribution in [-0.2, 0) is 0 Å². The van der Waals surface area contributed by atoms with Crippen molar-refractivity contribution >= 4 is 17.2 Å². The van der Waals surface area contributed by atoms with Crippen molar-refractivity contribution in [1.82, 2.24) is 4.73 Å². The zero-order valence-corrected chi connectivity index (χ0v) is 9.84. The van der Waals surface area contributed by atoms with Gasteiger partial charge in [-0.2, -0.15) is 4.73 Å². The van der Waals surface area contributed by atoms with E-state index >= 15 is 0 Å². The molecule has 1 unspecified atom stereocenters. The highest BCUT2D eigenvalue weighted by Crippen LogP contribution is 2.22. The molecule has 0 aliphatic rings. The van der Waals surface area contributed by atoms with Gasteiger partial charge in [-0.3, -0.25) is 5.41 Å². The molecule has 0 radical (unpaired) electrons. The second-order valence-electron chi connectivity index (χ2n) is 3.98. The molecule has 96 valence electrons. The van der Waals surface area contributed by atoms with E-state index in [4.69, 9.17) is 21.3 Å². The highest BCUT2D eigenvalue weighted by molar-refractivity contribution is 5.68. The molecule has 18 heavy (non-hydrogen) atoms. The summed E-state index contributed by atoms with van der Waals surface area (Å²) in [7, 11) is 0. The van der Waals surface area contributed by atoms with E-state index in [0.29, 0.717) is 16.1 Å². The van der Waals surface area contributed by atoms with E-state index in [-0.39, 0.29) is 17.3 Å². The fraction of sp³-hybridized carbons (Fsp3) is 0.182. The van der Waals surface area contributed by atoms with Crippen LogP contribution in [-0.4, -0.2) is 9.94 Å². The zero-order valence-electron chi connectivity index (χ0n) is 9.84. The van der Waals surface area contributed by atoms with Crippen LogP contribution < -0.4 is 22.3 Å². The van der Waals surface area contributed by atoms with Gasteiger partial charge in [-0.1, -0.05) is 0 Å². The highest BCUT2D eigenvalue weighted by atomic mass is 16.5. The number of rotatable bonds is 3. The van der Waals surface area contributed by atoms with Crippen molar-refractivity contribution in [3.63, 3.8) is 0 Å². The predicted octanol–water partition coefficient (Wildman–Crippen LogP) is 1.14. The molecule has 7 nitrogen and oxygen atoms in total. The first-order valence-corrected chi connectivity index (χ1v) is 5.34. The lowest BCUT2D eigenvalue weighted by Crippen LogP contribution is -2.26. The molecule has 2 rings (SSSR count). The van der Waals surface area contributed by atoms with Crippen LogP contribution in [0.25, 0.3) is 0 Å². The third kappa shape index (κ3) is 1.97. The molecular weight excluding hydrogens is 234 g/mol. The molecule has 2 aromatic rings. The van der Waals surface area contributed by atoms with Crippen LogP contribution in [0, 0.1) is 5.41 Å². The van der Waals surface area contributed by atoms with E-state index in [1.165, 1.54) is 6.07 Å². The first-order valence-electron chi connectivity index (χ1n) is 5.34. The number of nitrogens with one attached hydrogen (secondary N) is 2. The summed E-state index contributed by atoms with van der Waals surface area (Å²) in [5.41, 5.74) is 12.6. The Labute approximate surface area is 103 Å². The largest absolute Gasteiger partial charge is 0.472 e. The number of aromatic nitrogens is 1. The number of hydrogen-bond acceptors (Lipinski definition) is 6. The van der Waals surface area contributed by atoms with Gasteiger partial charge in [0.05, 0.1) is 24.3 Å². The number of nitrogens with zero attached hydrogens (tertiary/aromatic N) is 1. The molecule has 0 saturated heterocycles. The molecule has 0 aliphatic heterocycles. The summed E-state index contributed by atoms with van der Waals surface area (Å²) in [5.74, 6) is 0.0130. The maximum absolute atomic E-state index is 9.55. The van der Waals surface area contributed by atoms with Crippen molar-refractivity contribution in [2.45, 2.75) is 13.0 Å². The Balaban J connectivity index is 2.36. The Kier molecular flexibility index (Phi) is 2.88. The van der Waals surface area contributed by atoms with Crippen LogP contribution >= 0.6 is 0 Å². The number of furan rings is 1. The fourth-order valence-corrected chi connectivity index (χ4v) is 1.64. The Morgan fingerprint density at radius 3 is 2.83 bits per heavy atom. The molecule has 0 aliphatic carbocycles. The lowest BCUT2D eigenvalue weighted by molar-refractivity contribution is 0.177. The van der Waals surface area contributed by atoms with Crippen molar-refractivity contribution in [3.05, 3.63) is 35.7 Å². The van der Waals surface area contributed by atoms with E-state index in [9.17, 15) is 5.21 Å². The third-order valence-electron chi connectivity index (χ3n) is 2.69. The lowest BCUT2D eigenvalue weighted by Gasteiger charge is -2.17. The predicted molar refractivity (Wildman–Crippen MR) is 67.0 cm³/mol. The Hall–Kier alpha value is -2.57. The fourth-order valence-electron chi connectivity index (χ4n) is 1.64. The van der Waals surface area contributed by atoms with Crippen LogP contribution in [0.2, 0.25) is 0 Å². The minimum atomic E-state index is -0.192. The van der Waals surface area contributed by atoms with Gasteiger partial charge in [-0.05, 0) is 13.0 Å². The van der Waals surface area contributed by atoms with Gasteiger partial charge in [0.1, 0.15) is 11.5 Å². The minimum absolute atomic E-state index is 0.0130. The Morgan fingerprint density at radius 2 is 2.22 bits per heavy atom. The summed E-state index contributed by atoms with van der Waals surface area (Å²) in [4.78, 5) is 0. The number of pyridine rings is 1. The van der Waals surface area contributed by atoms with E-state index in [0.717, 1.165) is 5.56 Å². The van der Waals surface area contributed by atoms with Crippen LogP contribution in [0.5, 0.6) is 0 Å². The van der Waals surface area contributed by atoms with E-state index in [1.807, 2.05) is 13.0 Å². The van der Waals surface area contributed by atoms with Gasteiger partial charge in [0.15, 0.2) is 5.49 Å². The first kappa shape index (κ1) is 11.9. The van der Waals surface area contributed by atoms with Crippen LogP contribution in [0.3, 0.4) is 0 Å². The molecule has 0 saturated carbocycles. The van der Waals surface area contributed by atoms with Gasteiger partial charge in [-0.25, -0.2) is 0 Å². The molecule has 7 heteroatoms. The second-order valence-corrected chi connectivity index (χ2v) is 3.98. The topological polar surface area (TPSA) is 126 Å². The molecule has 7 N–H and O–H groups in total. The monoisotopic (exact) mass is 249 g/mol. The van der Waals surface area contributed by atoms with Crippen molar-refractivity contribution in [2.24, 2.45) is 0 Å².